The predicted octanol–water partition coefficient (Wildman–Crippen LogP) is 1.10. The molecule has 1 unspecified atom stereocenters. The van der Waals surface area contributed by atoms with E-state index >= 15 is 0 Å². The molecule has 1 rings (SSSR count). The van der Waals surface area contributed by atoms with Crippen molar-refractivity contribution in [3.8, 4) is 0 Å². The Labute approximate surface area is 87.8 Å². The van der Waals surface area contributed by atoms with Gasteiger partial charge in [-0.05, 0) is 13.0 Å². The van der Waals surface area contributed by atoms with Crippen molar-refractivity contribution in [1.29, 1.82) is 0 Å². The predicted molar refractivity (Wildman–Crippen MR) is 59.6 cm³/mol. The summed E-state index contributed by atoms with van der Waals surface area (Å²) in [5.74, 6) is 0. The molecule has 3 heteroatoms. The summed E-state index contributed by atoms with van der Waals surface area (Å²) in [5.41, 5.74) is 0. The van der Waals surface area contributed by atoms with Gasteiger partial charge in [-0.2, -0.15) is 0 Å². The van der Waals surface area contributed by atoms with Crippen molar-refractivity contribution < 1.29 is 4.74 Å². The maximum atomic E-state index is 5.34. The number of hydrogen-bond donors (Lipinski definition) is 1. The van der Waals surface area contributed by atoms with Crippen LogP contribution in [0, 0.1) is 0 Å². The van der Waals surface area contributed by atoms with Gasteiger partial charge in [0.25, 0.3) is 0 Å². The Morgan fingerprint density at radius 1 is 1.29 bits per heavy atom. The quantitative estimate of drug-likeness (QED) is 0.695. The second kappa shape index (κ2) is 7.21. The molecule has 84 valence electrons. The standard InChI is InChI=1S/C11H24N2O/c1-3-5-11(12-4-2)10-13-6-8-14-9-7-13/h11-12H,3-10H2,1-2H3. The van der Waals surface area contributed by atoms with Crippen LogP contribution < -0.4 is 5.32 Å². The summed E-state index contributed by atoms with van der Waals surface area (Å²) >= 11 is 0. The molecule has 0 aromatic heterocycles. The van der Waals surface area contributed by atoms with Crippen molar-refractivity contribution in [1.82, 2.24) is 10.2 Å². The van der Waals surface area contributed by atoms with E-state index in [4.69, 9.17) is 4.74 Å². The lowest BCUT2D eigenvalue weighted by Gasteiger charge is -2.30. The lowest BCUT2D eigenvalue weighted by Crippen LogP contribution is -2.45. The summed E-state index contributed by atoms with van der Waals surface area (Å²) in [4.78, 5) is 2.51. The third kappa shape index (κ3) is 4.40. The van der Waals surface area contributed by atoms with Gasteiger partial charge in [-0.15, -0.1) is 0 Å². The second-order valence-electron chi connectivity index (χ2n) is 3.96. The maximum absolute atomic E-state index is 5.34. The van der Waals surface area contributed by atoms with Crippen molar-refractivity contribution in [3.63, 3.8) is 0 Å². The lowest BCUT2D eigenvalue weighted by atomic mass is 10.1. The highest BCUT2D eigenvalue weighted by Crippen LogP contribution is 2.03. The highest BCUT2D eigenvalue weighted by molar-refractivity contribution is 4.72. The molecule has 1 aliphatic rings. The molecule has 1 atom stereocenters. The molecule has 14 heavy (non-hydrogen) atoms. The summed E-state index contributed by atoms with van der Waals surface area (Å²) in [6, 6.07) is 0.670. The zero-order valence-electron chi connectivity index (χ0n) is 9.59. The van der Waals surface area contributed by atoms with Crippen LogP contribution >= 0.6 is 0 Å². The van der Waals surface area contributed by atoms with Crippen molar-refractivity contribution in [3.05, 3.63) is 0 Å². The van der Waals surface area contributed by atoms with Crippen molar-refractivity contribution >= 4 is 0 Å². The minimum absolute atomic E-state index is 0.670. The van der Waals surface area contributed by atoms with Crippen LogP contribution in [0.5, 0.6) is 0 Å². The Kier molecular flexibility index (Phi) is 6.15. The van der Waals surface area contributed by atoms with Crippen LogP contribution in [0.1, 0.15) is 26.7 Å². The molecule has 0 bridgehead atoms. The molecule has 1 heterocycles. The number of hydrogen-bond acceptors (Lipinski definition) is 3. The first-order valence-corrected chi connectivity index (χ1v) is 5.90. The molecule has 1 saturated heterocycles. The molecule has 0 amide bonds. The maximum Gasteiger partial charge on any atom is 0.0594 e. The van der Waals surface area contributed by atoms with Gasteiger partial charge in [-0.25, -0.2) is 0 Å². The van der Waals surface area contributed by atoms with E-state index in [1.807, 2.05) is 0 Å². The molecule has 1 fully saturated rings. The molecule has 3 nitrogen and oxygen atoms in total. The van der Waals surface area contributed by atoms with Gasteiger partial charge in [0.15, 0.2) is 0 Å². The van der Waals surface area contributed by atoms with E-state index < -0.39 is 0 Å². The molecule has 0 spiro atoms. The lowest BCUT2D eigenvalue weighted by molar-refractivity contribution is 0.0331. The molecular formula is C11H24N2O. The molecule has 0 saturated carbocycles. The molecule has 1 aliphatic heterocycles. The van der Waals surface area contributed by atoms with Crippen molar-refractivity contribution in [2.45, 2.75) is 32.7 Å². The fourth-order valence-electron chi connectivity index (χ4n) is 1.99. The van der Waals surface area contributed by atoms with Gasteiger partial charge in [0.05, 0.1) is 13.2 Å². The van der Waals surface area contributed by atoms with Gasteiger partial charge >= 0.3 is 0 Å². The summed E-state index contributed by atoms with van der Waals surface area (Å²) in [6.07, 6.45) is 2.55. The number of likely N-dealkylation sites (N-methyl/N-ethyl adjacent to an activating group) is 1. The average Bonchev–Trinajstić information content (AvgIpc) is 2.20. The molecule has 0 aromatic carbocycles. The van der Waals surface area contributed by atoms with Gasteiger partial charge in [0.1, 0.15) is 0 Å². The summed E-state index contributed by atoms with van der Waals surface area (Å²) in [6.45, 7) is 10.7. The minimum atomic E-state index is 0.670. The van der Waals surface area contributed by atoms with Crippen LogP contribution in [0.15, 0.2) is 0 Å². The first-order chi connectivity index (χ1) is 6.86. The first kappa shape index (κ1) is 12.0. The summed E-state index contributed by atoms with van der Waals surface area (Å²) in [7, 11) is 0. The largest absolute Gasteiger partial charge is 0.379 e. The Bertz CT molecular complexity index is 129. The Morgan fingerprint density at radius 2 is 2.00 bits per heavy atom. The first-order valence-electron chi connectivity index (χ1n) is 5.90. The van der Waals surface area contributed by atoms with Crippen LogP contribution in [0.2, 0.25) is 0 Å². The monoisotopic (exact) mass is 200 g/mol. The summed E-state index contributed by atoms with van der Waals surface area (Å²) in [5, 5.41) is 3.55. The average molecular weight is 200 g/mol. The SMILES string of the molecule is CCCC(CN1CCOCC1)NCC. The summed E-state index contributed by atoms with van der Waals surface area (Å²) < 4.78 is 5.34. The van der Waals surface area contributed by atoms with Crippen LogP contribution in [-0.4, -0.2) is 50.3 Å². The van der Waals surface area contributed by atoms with E-state index in [0.29, 0.717) is 6.04 Å². The van der Waals surface area contributed by atoms with Crippen LogP contribution in [0.4, 0.5) is 0 Å². The molecule has 0 aliphatic carbocycles. The molecule has 0 radical (unpaired) electrons. The molecule has 0 aromatic rings. The second-order valence-corrected chi connectivity index (χ2v) is 3.96. The van der Waals surface area contributed by atoms with Gasteiger partial charge in [0.2, 0.25) is 0 Å². The van der Waals surface area contributed by atoms with Gasteiger partial charge in [0, 0.05) is 25.7 Å². The van der Waals surface area contributed by atoms with Gasteiger partial charge < -0.3 is 10.1 Å². The van der Waals surface area contributed by atoms with Crippen molar-refractivity contribution in [2.24, 2.45) is 0 Å². The number of morpholine rings is 1. The Hall–Kier alpha value is -0.120. The minimum Gasteiger partial charge on any atom is -0.379 e. The Morgan fingerprint density at radius 3 is 2.57 bits per heavy atom. The van der Waals surface area contributed by atoms with E-state index in [-0.39, 0.29) is 0 Å². The highest BCUT2D eigenvalue weighted by Gasteiger charge is 2.14. The third-order valence-electron chi connectivity index (χ3n) is 2.71. The molecule has 1 N–H and O–H groups in total. The van der Waals surface area contributed by atoms with Crippen molar-refractivity contribution in [2.75, 3.05) is 39.4 Å². The van der Waals surface area contributed by atoms with E-state index in [1.54, 1.807) is 0 Å². The van der Waals surface area contributed by atoms with Gasteiger partial charge in [-0.3, -0.25) is 4.90 Å². The van der Waals surface area contributed by atoms with E-state index in [2.05, 4.69) is 24.1 Å². The normalized spacial score (nSPS) is 21.0. The number of ether oxygens (including phenoxy) is 1. The zero-order chi connectivity index (χ0) is 10.2. The zero-order valence-corrected chi connectivity index (χ0v) is 9.59. The highest BCUT2D eigenvalue weighted by atomic mass is 16.5. The third-order valence-corrected chi connectivity index (χ3v) is 2.71. The number of nitrogens with one attached hydrogen (secondary N) is 1. The fourth-order valence-corrected chi connectivity index (χ4v) is 1.99. The van der Waals surface area contributed by atoms with E-state index in [9.17, 15) is 0 Å². The number of rotatable bonds is 6. The van der Waals surface area contributed by atoms with E-state index in [1.165, 1.54) is 19.4 Å². The van der Waals surface area contributed by atoms with Crippen LogP contribution in [-0.2, 0) is 4.74 Å². The van der Waals surface area contributed by atoms with E-state index in [0.717, 1.165) is 32.8 Å². The fraction of sp³-hybridized carbons (Fsp3) is 1.00. The smallest absolute Gasteiger partial charge is 0.0594 e. The van der Waals surface area contributed by atoms with Gasteiger partial charge in [-0.1, -0.05) is 20.3 Å². The topological polar surface area (TPSA) is 24.5 Å². The number of nitrogens with zero attached hydrogens (tertiary/aromatic N) is 1. The van der Waals surface area contributed by atoms with Crippen LogP contribution in [0.25, 0.3) is 0 Å². The van der Waals surface area contributed by atoms with Crippen LogP contribution in [0.3, 0.4) is 0 Å². The Balaban J connectivity index is 2.21. The molecular weight excluding hydrogens is 176 g/mol.